The molecular weight excluding hydrogens is 347 g/mol. The first kappa shape index (κ1) is 17.1. The summed E-state index contributed by atoms with van der Waals surface area (Å²) in [5.74, 6) is -1.73. The predicted octanol–water partition coefficient (Wildman–Crippen LogP) is 2.55. The summed E-state index contributed by atoms with van der Waals surface area (Å²) in [7, 11) is 1.32. The highest BCUT2D eigenvalue weighted by atomic mass is 32.1. The fourth-order valence-electron chi connectivity index (χ4n) is 2.65. The van der Waals surface area contributed by atoms with E-state index in [0.717, 1.165) is 11.0 Å². The minimum Gasteiger partial charge on any atom is -0.494 e. The third-order valence-electron chi connectivity index (χ3n) is 4.06. The monoisotopic (exact) mass is 362 g/mol. The molecule has 1 unspecified atom stereocenters. The zero-order valence-corrected chi connectivity index (χ0v) is 14.4. The molecule has 3 amide bonds. The number of urea groups is 1. The first-order chi connectivity index (χ1) is 11.9. The summed E-state index contributed by atoms with van der Waals surface area (Å²) in [4.78, 5) is 38.7. The standard InChI is InChI=1S/C17H15FN2O4S/c1-17(14-4-3-7-25-14)15(22)20(16(23)19-17)9-12(21)10-5-6-13(24-2)11(18)8-10/h3-8H,9H2,1-2H3,(H,19,23). The number of nitrogens with zero attached hydrogens (tertiary/aromatic N) is 1. The molecular formula is C17H15FN2O4S. The number of ketones is 1. The van der Waals surface area contributed by atoms with Gasteiger partial charge in [-0.3, -0.25) is 14.5 Å². The van der Waals surface area contributed by atoms with Gasteiger partial charge in [0.25, 0.3) is 5.91 Å². The van der Waals surface area contributed by atoms with Crippen molar-refractivity contribution in [2.24, 2.45) is 0 Å². The lowest BCUT2D eigenvalue weighted by atomic mass is 10.0. The van der Waals surface area contributed by atoms with Gasteiger partial charge in [0.15, 0.2) is 22.9 Å². The van der Waals surface area contributed by atoms with E-state index in [1.54, 1.807) is 24.4 Å². The van der Waals surface area contributed by atoms with Crippen LogP contribution in [0.4, 0.5) is 9.18 Å². The van der Waals surface area contributed by atoms with Gasteiger partial charge in [-0.25, -0.2) is 9.18 Å². The third-order valence-corrected chi connectivity index (χ3v) is 5.16. The highest BCUT2D eigenvalue weighted by molar-refractivity contribution is 7.10. The average molecular weight is 362 g/mol. The van der Waals surface area contributed by atoms with Gasteiger partial charge in [0.05, 0.1) is 13.7 Å². The van der Waals surface area contributed by atoms with Crippen LogP contribution < -0.4 is 10.1 Å². The normalized spacial score (nSPS) is 19.9. The Kier molecular flexibility index (Phi) is 4.30. The van der Waals surface area contributed by atoms with Crippen LogP contribution in [0.2, 0.25) is 0 Å². The zero-order valence-electron chi connectivity index (χ0n) is 13.5. The highest BCUT2D eigenvalue weighted by Gasteiger charge is 2.50. The fraction of sp³-hybridized carbons (Fsp3) is 0.235. The number of benzene rings is 1. The summed E-state index contributed by atoms with van der Waals surface area (Å²) in [6.07, 6.45) is 0. The van der Waals surface area contributed by atoms with E-state index < -0.39 is 35.6 Å². The summed E-state index contributed by atoms with van der Waals surface area (Å²) in [6, 6.07) is 6.61. The van der Waals surface area contributed by atoms with E-state index in [1.165, 1.54) is 30.6 Å². The van der Waals surface area contributed by atoms with Crippen molar-refractivity contribution in [3.05, 3.63) is 52.0 Å². The van der Waals surface area contributed by atoms with E-state index in [2.05, 4.69) is 5.32 Å². The first-order valence-electron chi connectivity index (χ1n) is 7.41. The Balaban J connectivity index is 1.81. The molecule has 1 atom stereocenters. The fourth-order valence-corrected chi connectivity index (χ4v) is 3.48. The summed E-state index contributed by atoms with van der Waals surface area (Å²) in [5, 5.41) is 4.42. The summed E-state index contributed by atoms with van der Waals surface area (Å²) in [6.45, 7) is 1.13. The van der Waals surface area contributed by atoms with E-state index in [0.29, 0.717) is 4.88 Å². The molecule has 8 heteroatoms. The number of rotatable bonds is 5. The Hall–Kier alpha value is -2.74. The third kappa shape index (κ3) is 2.89. The Labute approximate surface area is 147 Å². The Morgan fingerprint density at radius 1 is 1.36 bits per heavy atom. The number of hydrogen-bond acceptors (Lipinski definition) is 5. The SMILES string of the molecule is COc1ccc(C(=O)CN2C(=O)NC(C)(c3cccs3)C2=O)cc1F. The molecule has 1 aliphatic heterocycles. The van der Waals surface area contributed by atoms with Crippen molar-refractivity contribution >= 4 is 29.1 Å². The molecule has 1 saturated heterocycles. The van der Waals surface area contributed by atoms with Crippen LogP contribution in [0.1, 0.15) is 22.2 Å². The lowest BCUT2D eigenvalue weighted by Crippen LogP contribution is -2.40. The lowest BCUT2D eigenvalue weighted by molar-refractivity contribution is -0.130. The van der Waals surface area contributed by atoms with Crippen molar-refractivity contribution in [1.82, 2.24) is 10.2 Å². The highest BCUT2D eigenvalue weighted by Crippen LogP contribution is 2.32. The Morgan fingerprint density at radius 3 is 2.72 bits per heavy atom. The molecule has 0 spiro atoms. The van der Waals surface area contributed by atoms with Crippen molar-refractivity contribution < 1.29 is 23.5 Å². The maximum absolute atomic E-state index is 13.8. The second-order valence-corrected chi connectivity index (χ2v) is 6.64. The number of imide groups is 1. The molecule has 1 aromatic heterocycles. The summed E-state index contributed by atoms with van der Waals surface area (Å²) >= 11 is 1.34. The van der Waals surface area contributed by atoms with Gasteiger partial charge in [0, 0.05) is 10.4 Å². The van der Waals surface area contributed by atoms with Crippen LogP contribution >= 0.6 is 11.3 Å². The first-order valence-corrected chi connectivity index (χ1v) is 8.29. The number of methoxy groups -OCH3 is 1. The topological polar surface area (TPSA) is 75.7 Å². The van der Waals surface area contributed by atoms with E-state index in [4.69, 9.17) is 4.74 Å². The van der Waals surface area contributed by atoms with Crippen molar-refractivity contribution in [3.8, 4) is 5.75 Å². The van der Waals surface area contributed by atoms with Crippen molar-refractivity contribution in [1.29, 1.82) is 0 Å². The van der Waals surface area contributed by atoms with Gasteiger partial charge < -0.3 is 10.1 Å². The summed E-state index contributed by atoms with van der Waals surface area (Å²) < 4.78 is 18.6. The van der Waals surface area contributed by atoms with E-state index in [1.807, 2.05) is 0 Å². The Morgan fingerprint density at radius 2 is 2.12 bits per heavy atom. The van der Waals surface area contributed by atoms with E-state index in [9.17, 15) is 18.8 Å². The van der Waals surface area contributed by atoms with Gasteiger partial charge in [-0.05, 0) is 36.6 Å². The number of halogens is 1. The summed E-state index contributed by atoms with van der Waals surface area (Å²) in [5.41, 5.74) is -1.14. The molecule has 6 nitrogen and oxygen atoms in total. The van der Waals surface area contributed by atoms with Gasteiger partial charge in [-0.15, -0.1) is 11.3 Å². The van der Waals surface area contributed by atoms with Crippen LogP contribution in [0.25, 0.3) is 0 Å². The number of ether oxygens (including phenoxy) is 1. The van der Waals surface area contributed by atoms with Crippen LogP contribution in [0.3, 0.4) is 0 Å². The molecule has 0 aliphatic carbocycles. The van der Waals surface area contributed by atoms with E-state index >= 15 is 0 Å². The molecule has 1 fully saturated rings. The van der Waals surface area contributed by atoms with Gasteiger partial charge in [-0.1, -0.05) is 6.07 Å². The molecule has 1 aromatic carbocycles. The molecule has 2 heterocycles. The van der Waals surface area contributed by atoms with Gasteiger partial charge >= 0.3 is 6.03 Å². The number of thiophene rings is 1. The predicted molar refractivity (Wildman–Crippen MR) is 89.2 cm³/mol. The number of Topliss-reactive ketones (excluding diaryl/α,β-unsaturated/α-hetero) is 1. The van der Waals surface area contributed by atoms with Crippen LogP contribution in [0.5, 0.6) is 5.75 Å². The quantitative estimate of drug-likeness (QED) is 0.655. The number of nitrogens with one attached hydrogen (secondary N) is 1. The average Bonchev–Trinajstić information content (AvgIpc) is 3.19. The maximum Gasteiger partial charge on any atom is 0.325 e. The second kappa shape index (κ2) is 6.29. The van der Waals surface area contributed by atoms with Crippen molar-refractivity contribution in [2.75, 3.05) is 13.7 Å². The van der Waals surface area contributed by atoms with Gasteiger partial charge in [0.1, 0.15) is 0 Å². The molecule has 25 heavy (non-hydrogen) atoms. The molecule has 0 radical (unpaired) electrons. The number of amides is 3. The number of carbonyl (C=O) groups is 3. The smallest absolute Gasteiger partial charge is 0.325 e. The second-order valence-electron chi connectivity index (χ2n) is 5.70. The molecule has 3 rings (SSSR count). The van der Waals surface area contributed by atoms with Crippen LogP contribution in [-0.2, 0) is 10.3 Å². The Bertz CT molecular complexity index is 852. The lowest BCUT2D eigenvalue weighted by Gasteiger charge is -2.19. The van der Waals surface area contributed by atoms with Gasteiger partial charge in [-0.2, -0.15) is 0 Å². The van der Waals surface area contributed by atoms with Crippen LogP contribution in [-0.4, -0.2) is 36.3 Å². The van der Waals surface area contributed by atoms with E-state index in [-0.39, 0.29) is 11.3 Å². The van der Waals surface area contributed by atoms with Crippen LogP contribution in [0, 0.1) is 5.82 Å². The van der Waals surface area contributed by atoms with Gasteiger partial charge in [0.2, 0.25) is 0 Å². The van der Waals surface area contributed by atoms with Crippen LogP contribution in [0.15, 0.2) is 35.7 Å². The minimum absolute atomic E-state index is 0.0109. The molecule has 1 aliphatic rings. The molecule has 0 saturated carbocycles. The number of carbonyl (C=O) groups excluding carboxylic acids is 3. The number of hydrogen-bond donors (Lipinski definition) is 1. The molecule has 2 aromatic rings. The molecule has 0 bridgehead atoms. The maximum atomic E-state index is 13.8. The van der Waals surface area contributed by atoms with Crippen molar-refractivity contribution in [3.63, 3.8) is 0 Å². The molecule has 130 valence electrons. The van der Waals surface area contributed by atoms with Crippen molar-refractivity contribution in [2.45, 2.75) is 12.5 Å². The molecule has 1 N–H and O–H groups in total. The largest absolute Gasteiger partial charge is 0.494 e. The zero-order chi connectivity index (χ0) is 18.2. The minimum atomic E-state index is -1.20.